The molecular formula is C12H15NO3. The summed E-state index contributed by atoms with van der Waals surface area (Å²) < 4.78 is 0. The molecule has 86 valence electrons. The van der Waals surface area contributed by atoms with Crippen LogP contribution in [-0.2, 0) is 4.84 Å². The molecule has 0 amide bonds. The van der Waals surface area contributed by atoms with Gasteiger partial charge in [0.1, 0.15) is 0 Å². The molecule has 0 radical (unpaired) electrons. The van der Waals surface area contributed by atoms with Crippen LogP contribution >= 0.6 is 0 Å². The second-order valence-electron chi connectivity index (χ2n) is 4.08. The molecule has 1 heterocycles. The Morgan fingerprint density at radius 3 is 2.69 bits per heavy atom. The largest absolute Gasteiger partial charge is 0.392 e. The van der Waals surface area contributed by atoms with E-state index < -0.39 is 6.10 Å². The van der Waals surface area contributed by atoms with Crippen molar-refractivity contribution in [2.45, 2.75) is 25.5 Å². The zero-order valence-corrected chi connectivity index (χ0v) is 9.17. The van der Waals surface area contributed by atoms with Gasteiger partial charge < -0.3 is 9.94 Å². The van der Waals surface area contributed by atoms with Gasteiger partial charge in [-0.25, -0.2) is 4.79 Å². The van der Waals surface area contributed by atoms with E-state index in [0.717, 1.165) is 0 Å². The molecule has 0 aliphatic carbocycles. The van der Waals surface area contributed by atoms with Gasteiger partial charge in [0.15, 0.2) is 0 Å². The quantitative estimate of drug-likeness (QED) is 0.815. The van der Waals surface area contributed by atoms with Gasteiger partial charge >= 0.3 is 5.97 Å². The Morgan fingerprint density at radius 2 is 2.12 bits per heavy atom. The van der Waals surface area contributed by atoms with E-state index >= 15 is 0 Å². The van der Waals surface area contributed by atoms with Crippen molar-refractivity contribution >= 4 is 5.97 Å². The summed E-state index contributed by atoms with van der Waals surface area (Å²) in [6.07, 6.45) is 0.237. The van der Waals surface area contributed by atoms with E-state index in [0.29, 0.717) is 18.5 Å². The van der Waals surface area contributed by atoms with Crippen molar-refractivity contribution in [2.75, 3.05) is 6.54 Å². The van der Waals surface area contributed by atoms with E-state index in [2.05, 4.69) is 0 Å². The molecule has 0 aromatic heterocycles. The fourth-order valence-electron chi connectivity index (χ4n) is 1.83. The van der Waals surface area contributed by atoms with Crippen molar-refractivity contribution in [3.63, 3.8) is 0 Å². The molecule has 1 aromatic carbocycles. The van der Waals surface area contributed by atoms with Crippen molar-refractivity contribution in [1.82, 2.24) is 5.06 Å². The monoisotopic (exact) mass is 221 g/mol. The Bertz CT molecular complexity index is 366. The summed E-state index contributed by atoms with van der Waals surface area (Å²) in [4.78, 5) is 16.9. The number of carbonyl (C=O) groups is 1. The van der Waals surface area contributed by atoms with Gasteiger partial charge in [0.05, 0.1) is 18.2 Å². The third kappa shape index (κ3) is 2.40. The number of β-amino-alcohol motifs (C(OH)–C–C–N with tert-alkyl or cyclic N) is 1. The molecule has 4 heteroatoms. The summed E-state index contributed by atoms with van der Waals surface area (Å²) in [5.74, 6) is -0.374. The lowest BCUT2D eigenvalue weighted by molar-refractivity contribution is -0.118. The normalized spacial score (nSPS) is 25.6. The Hall–Kier alpha value is -1.39. The van der Waals surface area contributed by atoms with Crippen LogP contribution in [0.3, 0.4) is 0 Å². The summed E-state index contributed by atoms with van der Waals surface area (Å²) in [5, 5.41) is 11.0. The van der Waals surface area contributed by atoms with E-state index in [9.17, 15) is 9.90 Å². The Morgan fingerprint density at radius 1 is 1.44 bits per heavy atom. The van der Waals surface area contributed by atoms with Gasteiger partial charge in [-0.2, -0.15) is 0 Å². The van der Waals surface area contributed by atoms with E-state index in [-0.39, 0.29) is 12.0 Å². The Labute approximate surface area is 94.4 Å². The number of benzene rings is 1. The first-order valence-corrected chi connectivity index (χ1v) is 5.39. The zero-order chi connectivity index (χ0) is 11.5. The number of aliphatic hydroxyl groups is 1. The smallest absolute Gasteiger partial charge is 0.357 e. The van der Waals surface area contributed by atoms with Crippen molar-refractivity contribution in [3.8, 4) is 0 Å². The summed E-state index contributed by atoms with van der Waals surface area (Å²) in [7, 11) is 0. The first-order chi connectivity index (χ1) is 7.66. The Kier molecular flexibility index (Phi) is 3.22. The molecule has 1 aliphatic rings. The lowest BCUT2D eigenvalue weighted by atomic mass is 10.2. The van der Waals surface area contributed by atoms with E-state index in [1.165, 1.54) is 0 Å². The van der Waals surface area contributed by atoms with Crippen molar-refractivity contribution in [2.24, 2.45) is 0 Å². The molecule has 2 rings (SSSR count). The van der Waals surface area contributed by atoms with Crippen molar-refractivity contribution in [3.05, 3.63) is 35.9 Å². The lowest BCUT2D eigenvalue weighted by Gasteiger charge is -2.19. The van der Waals surface area contributed by atoms with Gasteiger partial charge in [0, 0.05) is 6.04 Å². The van der Waals surface area contributed by atoms with Crippen LogP contribution in [0.1, 0.15) is 23.7 Å². The number of hydrogen-bond donors (Lipinski definition) is 1. The minimum atomic E-state index is -0.404. The van der Waals surface area contributed by atoms with Crippen LogP contribution in [0, 0.1) is 0 Å². The summed E-state index contributed by atoms with van der Waals surface area (Å²) >= 11 is 0. The molecule has 1 aromatic rings. The third-order valence-corrected chi connectivity index (χ3v) is 2.71. The maximum atomic E-state index is 11.7. The molecule has 0 bridgehead atoms. The van der Waals surface area contributed by atoms with Gasteiger partial charge in [0.2, 0.25) is 0 Å². The van der Waals surface area contributed by atoms with Crippen LogP contribution in [0.2, 0.25) is 0 Å². The molecular weight excluding hydrogens is 206 g/mol. The molecule has 1 aliphatic heterocycles. The number of hydrogen-bond acceptors (Lipinski definition) is 4. The predicted octanol–water partition coefficient (Wildman–Crippen LogP) is 1.21. The van der Waals surface area contributed by atoms with Gasteiger partial charge in [0.25, 0.3) is 0 Å². The Balaban J connectivity index is 1.98. The highest BCUT2D eigenvalue weighted by atomic mass is 16.7. The standard InChI is InChI=1S/C12H15NO3/c1-9-7-11(14)8-13(9)16-12(15)10-5-3-2-4-6-10/h2-6,9,11,14H,7-8H2,1H3/t9-,11-/m1/s1. The first-order valence-electron chi connectivity index (χ1n) is 5.39. The van der Waals surface area contributed by atoms with Crippen LogP contribution in [0.4, 0.5) is 0 Å². The molecule has 1 fully saturated rings. The molecule has 4 nitrogen and oxygen atoms in total. The second-order valence-corrected chi connectivity index (χ2v) is 4.08. The highest BCUT2D eigenvalue weighted by Gasteiger charge is 2.30. The van der Waals surface area contributed by atoms with Crippen molar-refractivity contribution in [1.29, 1.82) is 0 Å². The molecule has 0 unspecified atom stereocenters. The van der Waals surface area contributed by atoms with E-state index in [1.54, 1.807) is 29.3 Å². The molecule has 16 heavy (non-hydrogen) atoms. The number of rotatable bonds is 2. The van der Waals surface area contributed by atoms with E-state index in [1.807, 2.05) is 13.0 Å². The fourth-order valence-corrected chi connectivity index (χ4v) is 1.83. The fraction of sp³-hybridized carbons (Fsp3) is 0.417. The maximum Gasteiger partial charge on any atom is 0.357 e. The highest BCUT2D eigenvalue weighted by Crippen LogP contribution is 2.18. The first kappa shape index (κ1) is 11.1. The average Bonchev–Trinajstić information content (AvgIpc) is 2.59. The van der Waals surface area contributed by atoms with Crippen LogP contribution in [0.15, 0.2) is 30.3 Å². The zero-order valence-electron chi connectivity index (χ0n) is 9.17. The van der Waals surface area contributed by atoms with Crippen LogP contribution in [0.5, 0.6) is 0 Å². The van der Waals surface area contributed by atoms with Gasteiger partial charge in [-0.15, -0.1) is 5.06 Å². The van der Waals surface area contributed by atoms with Gasteiger partial charge in [-0.1, -0.05) is 18.2 Å². The predicted molar refractivity (Wildman–Crippen MR) is 58.6 cm³/mol. The van der Waals surface area contributed by atoms with Crippen LogP contribution < -0.4 is 0 Å². The highest BCUT2D eigenvalue weighted by molar-refractivity contribution is 5.89. The SMILES string of the molecule is C[C@@H]1C[C@@H](O)CN1OC(=O)c1ccccc1. The van der Waals surface area contributed by atoms with Gasteiger partial charge in [-0.3, -0.25) is 0 Å². The number of aliphatic hydroxyl groups excluding tert-OH is 1. The summed E-state index contributed by atoms with van der Waals surface area (Å²) in [6.45, 7) is 2.31. The number of nitrogens with zero attached hydrogens (tertiary/aromatic N) is 1. The van der Waals surface area contributed by atoms with Gasteiger partial charge in [-0.05, 0) is 25.5 Å². The lowest BCUT2D eigenvalue weighted by Crippen LogP contribution is -2.30. The third-order valence-electron chi connectivity index (χ3n) is 2.71. The molecule has 0 saturated carbocycles. The summed E-state index contributed by atoms with van der Waals surface area (Å²) in [5.41, 5.74) is 0.524. The maximum absolute atomic E-state index is 11.7. The number of carbonyl (C=O) groups excluding carboxylic acids is 1. The number of hydroxylamine groups is 2. The minimum absolute atomic E-state index is 0.0719. The van der Waals surface area contributed by atoms with Crippen molar-refractivity contribution < 1.29 is 14.7 Å². The molecule has 2 atom stereocenters. The molecule has 1 N–H and O–H groups in total. The summed E-state index contributed by atoms with van der Waals surface area (Å²) in [6, 6.07) is 8.91. The minimum Gasteiger partial charge on any atom is -0.392 e. The van der Waals surface area contributed by atoms with Crippen LogP contribution in [-0.4, -0.2) is 34.8 Å². The topological polar surface area (TPSA) is 49.8 Å². The second kappa shape index (κ2) is 4.63. The molecule has 1 saturated heterocycles. The van der Waals surface area contributed by atoms with E-state index in [4.69, 9.17) is 4.84 Å². The van der Waals surface area contributed by atoms with Crippen LogP contribution in [0.25, 0.3) is 0 Å². The molecule has 0 spiro atoms. The average molecular weight is 221 g/mol.